The van der Waals surface area contributed by atoms with Crippen molar-refractivity contribution in [3.8, 4) is 11.8 Å². The summed E-state index contributed by atoms with van der Waals surface area (Å²) in [6.45, 7) is 0. The van der Waals surface area contributed by atoms with Gasteiger partial charge in [0.2, 0.25) is 0 Å². The van der Waals surface area contributed by atoms with E-state index in [0.717, 1.165) is 0 Å². The van der Waals surface area contributed by atoms with Crippen LogP contribution in [0.5, 0.6) is 0 Å². The van der Waals surface area contributed by atoms with E-state index in [4.69, 9.17) is 10.00 Å². The third kappa shape index (κ3) is 2.62. The molecule has 0 bridgehead atoms. The number of methoxy groups -OCH3 is 2. The van der Waals surface area contributed by atoms with Crippen LogP contribution < -0.4 is 0 Å². The van der Waals surface area contributed by atoms with Gasteiger partial charge in [-0.3, -0.25) is 0 Å². The Balaban J connectivity index is 2.67. The van der Waals surface area contributed by atoms with E-state index in [1.54, 1.807) is 18.3 Å². The minimum Gasteiger partial charge on any atom is -0.465 e. The Kier molecular flexibility index (Phi) is 4.05. The van der Waals surface area contributed by atoms with Crippen molar-refractivity contribution in [3.63, 3.8) is 0 Å². The van der Waals surface area contributed by atoms with Crippen LogP contribution in [-0.4, -0.2) is 30.7 Å². The van der Waals surface area contributed by atoms with E-state index in [1.807, 2.05) is 6.07 Å². The van der Waals surface area contributed by atoms with Crippen molar-refractivity contribution in [2.45, 2.75) is 0 Å². The first-order chi connectivity index (χ1) is 10.1. The van der Waals surface area contributed by atoms with Gasteiger partial charge < -0.3 is 14.0 Å². The molecule has 1 aromatic carbocycles. The molecule has 0 amide bonds. The number of benzene rings is 1. The lowest BCUT2D eigenvalue weighted by Crippen LogP contribution is -2.11. The zero-order chi connectivity index (χ0) is 15.4. The summed E-state index contributed by atoms with van der Waals surface area (Å²) < 4.78 is 10.9. The molecule has 21 heavy (non-hydrogen) atoms. The Morgan fingerprint density at radius 2 is 1.86 bits per heavy atom. The molecule has 6 heteroatoms. The highest BCUT2D eigenvalue weighted by atomic mass is 16.5. The molecular weight excluding hydrogens is 272 g/mol. The molecule has 0 atom stereocenters. The standard InChI is InChI=1S/C15H12N2O4/c1-20-14(18)10-5-6-12(15(19)21-2)13(8-10)17-7-3-4-11(17)9-16/h3-8H,1-2H3. The van der Waals surface area contributed by atoms with Crippen LogP contribution in [-0.2, 0) is 9.47 Å². The predicted molar refractivity (Wildman–Crippen MR) is 73.2 cm³/mol. The van der Waals surface area contributed by atoms with Crippen LogP contribution in [0.3, 0.4) is 0 Å². The first-order valence-corrected chi connectivity index (χ1v) is 6.01. The fourth-order valence-electron chi connectivity index (χ4n) is 1.94. The van der Waals surface area contributed by atoms with Crippen molar-refractivity contribution in [3.05, 3.63) is 53.3 Å². The second-order valence-electron chi connectivity index (χ2n) is 4.09. The van der Waals surface area contributed by atoms with Crippen LogP contribution in [0.4, 0.5) is 0 Å². The normalized spacial score (nSPS) is 9.76. The summed E-state index contributed by atoms with van der Waals surface area (Å²) in [4.78, 5) is 23.5. The van der Waals surface area contributed by atoms with Crippen molar-refractivity contribution in [2.75, 3.05) is 14.2 Å². The molecule has 2 aromatic rings. The Morgan fingerprint density at radius 1 is 1.14 bits per heavy atom. The second-order valence-corrected chi connectivity index (χ2v) is 4.09. The summed E-state index contributed by atoms with van der Waals surface area (Å²) in [7, 11) is 2.54. The molecule has 1 heterocycles. The molecule has 0 saturated carbocycles. The number of rotatable bonds is 3. The lowest BCUT2D eigenvalue weighted by atomic mass is 10.1. The Hall–Kier alpha value is -3.07. The van der Waals surface area contributed by atoms with Crippen molar-refractivity contribution in [2.24, 2.45) is 0 Å². The highest BCUT2D eigenvalue weighted by Crippen LogP contribution is 2.21. The maximum Gasteiger partial charge on any atom is 0.339 e. The summed E-state index contributed by atoms with van der Waals surface area (Å²) in [6.07, 6.45) is 1.63. The average molecular weight is 284 g/mol. The average Bonchev–Trinajstić information content (AvgIpc) is 3.01. The van der Waals surface area contributed by atoms with Gasteiger partial charge in [-0.25, -0.2) is 9.59 Å². The lowest BCUT2D eigenvalue weighted by molar-refractivity contribution is 0.0586. The maximum absolute atomic E-state index is 11.8. The molecule has 6 nitrogen and oxygen atoms in total. The SMILES string of the molecule is COC(=O)c1ccc(C(=O)OC)c(-n2cccc2C#N)c1. The van der Waals surface area contributed by atoms with Gasteiger partial charge in [0.25, 0.3) is 0 Å². The monoisotopic (exact) mass is 284 g/mol. The van der Waals surface area contributed by atoms with Gasteiger partial charge in [0, 0.05) is 6.20 Å². The minimum atomic E-state index is -0.556. The van der Waals surface area contributed by atoms with Crippen molar-refractivity contribution in [1.82, 2.24) is 4.57 Å². The third-order valence-corrected chi connectivity index (χ3v) is 2.95. The van der Waals surface area contributed by atoms with Gasteiger partial charge in [-0.1, -0.05) is 0 Å². The van der Waals surface area contributed by atoms with Gasteiger partial charge in [-0.05, 0) is 30.3 Å². The van der Waals surface area contributed by atoms with Gasteiger partial charge in [0.1, 0.15) is 11.8 Å². The second kappa shape index (κ2) is 5.92. The Morgan fingerprint density at radius 3 is 2.48 bits per heavy atom. The fourth-order valence-corrected chi connectivity index (χ4v) is 1.94. The van der Waals surface area contributed by atoms with Crippen LogP contribution in [0.2, 0.25) is 0 Å². The molecule has 0 unspecified atom stereocenters. The molecule has 0 aliphatic heterocycles. The van der Waals surface area contributed by atoms with Gasteiger partial charge in [0.15, 0.2) is 0 Å². The summed E-state index contributed by atoms with van der Waals surface area (Å²) in [5, 5.41) is 9.10. The van der Waals surface area contributed by atoms with Gasteiger partial charge in [0.05, 0.1) is 31.0 Å². The highest BCUT2D eigenvalue weighted by molar-refractivity contribution is 5.97. The zero-order valence-electron chi connectivity index (χ0n) is 11.5. The number of esters is 2. The van der Waals surface area contributed by atoms with E-state index in [-0.39, 0.29) is 11.1 Å². The Labute approximate surface area is 121 Å². The van der Waals surface area contributed by atoms with Crippen LogP contribution in [0.25, 0.3) is 5.69 Å². The molecule has 0 radical (unpaired) electrons. The van der Waals surface area contributed by atoms with E-state index in [9.17, 15) is 9.59 Å². The smallest absolute Gasteiger partial charge is 0.339 e. The van der Waals surface area contributed by atoms with Gasteiger partial charge >= 0.3 is 11.9 Å². The Bertz CT molecular complexity index is 740. The molecule has 1 aromatic heterocycles. The highest BCUT2D eigenvalue weighted by Gasteiger charge is 2.18. The largest absolute Gasteiger partial charge is 0.465 e. The van der Waals surface area contributed by atoms with Gasteiger partial charge in [-0.2, -0.15) is 5.26 Å². The number of carbonyl (C=O) groups excluding carboxylic acids is 2. The van der Waals surface area contributed by atoms with Crippen molar-refractivity contribution in [1.29, 1.82) is 5.26 Å². The molecule has 0 spiro atoms. The molecule has 0 aliphatic carbocycles. The number of hydrogen-bond acceptors (Lipinski definition) is 5. The number of carbonyl (C=O) groups is 2. The first-order valence-electron chi connectivity index (χ1n) is 6.01. The van der Waals surface area contributed by atoms with E-state index in [2.05, 4.69) is 4.74 Å². The summed E-state index contributed by atoms with van der Waals surface area (Å²) >= 11 is 0. The van der Waals surface area contributed by atoms with Crippen molar-refractivity contribution < 1.29 is 19.1 Å². The molecule has 0 saturated heterocycles. The van der Waals surface area contributed by atoms with Crippen LogP contribution in [0.15, 0.2) is 36.5 Å². The summed E-state index contributed by atoms with van der Waals surface area (Å²) in [5.41, 5.74) is 1.24. The number of nitriles is 1. The summed E-state index contributed by atoms with van der Waals surface area (Å²) in [6, 6.07) is 9.71. The lowest BCUT2D eigenvalue weighted by Gasteiger charge is -2.12. The van der Waals surface area contributed by atoms with E-state index in [0.29, 0.717) is 11.4 Å². The zero-order valence-corrected chi connectivity index (χ0v) is 11.5. The third-order valence-electron chi connectivity index (χ3n) is 2.95. The summed E-state index contributed by atoms with van der Waals surface area (Å²) in [5.74, 6) is -1.09. The number of hydrogen-bond donors (Lipinski definition) is 0. The molecule has 2 rings (SSSR count). The molecule has 0 fully saturated rings. The van der Waals surface area contributed by atoms with E-state index in [1.165, 1.54) is 37.0 Å². The number of ether oxygens (including phenoxy) is 2. The molecule has 0 N–H and O–H groups in total. The van der Waals surface area contributed by atoms with Gasteiger partial charge in [-0.15, -0.1) is 0 Å². The molecule has 0 aliphatic rings. The topological polar surface area (TPSA) is 81.3 Å². The minimum absolute atomic E-state index is 0.248. The van der Waals surface area contributed by atoms with Crippen LogP contribution >= 0.6 is 0 Å². The van der Waals surface area contributed by atoms with E-state index >= 15 is 0 Å². The van der Waals surface area contributed by atoms with Crippen LogP contribution in [0.1, 0.15) is 26.4 Å². The van der Waals surface area contributed by atoms with Crippen molar-refractivity contribution >= 4 is 11.9 Å². The number of aromatic nitrogens is 1. The predicted octanol–water partition coefficient (Wildman–Crippen LogP) is 1.92. The quantitative estimate of drug-likeness (QED) is 0.804. The number of nitrogens with zero attached hydrogens (tertiary/aromatic N) is 2. The first kappa shape index (κ1) is 14.3. The maximum atomic E-state index is 11.8. The molecule has 106 valence electrons. The van der Waals surface area contributed by atoms with E-state index < -0.39 is 11.9 Å². The molecular formula is C15H12N2O4. The fraction of sp³-hybridized carbons (Fsp3) is 0.133. The van der Waals surface area contributed by atoms with Crippen LogP contribution in [0, 0.1) is 11.3 Å².